The standard InChI is InChI=1S/C12H11N3O3S/c16-11(7-2-1-3-7)14-12-13-9-5-4-8(15(17)18)6-10(9)19-12/h4-7H,1-3H2,(H,13,14,16). The number of carbonyl (C=O) groups excluding carboxylic acids is 1. The van der Waals surface area contributed by atoms with Crippen LogP contribution in [-0.2, 0) is 4.79 Å². The van der Waals surface area contributed by atoms with E-state index in [1.165, 1.54) is 23.5 Å². The molecule has 6 nitrogen and oxygen atoms in total. The molecule has 1 N–H and O–H groups in total. The van der Waals surface area contributed by atoms with Gasteiger partial charge in [-0.15, -0.1) is 0 Å². The summed E-state index contributed by atoms with van der Waals surface area (Å²) in [5.74, 6) is 0.0983. The Morgan fingerprint density at radius 1 is 1.47 bits per heavy atom. The summed E-state index contributed by atoms with van der Waals surface area (Å²) in [7, 11) is 0. The van der Waals surface area contributed by atoms with Crippen LogP contribution in [0, 0.1) is 16.0 Å². The van der Waals surface area contributed by atoms with Crippen molar-refractivity contribution in [1.82, 2.24) is 4.98 Å². The smallest absolute Gasteiger partial charge is 0.270 e. The van der Waals surface area contributed by atoms with Gasteiger partial charge in [-0.1, -0.05) is 17.8 Å². The number of carbonyl (C=O) groups is 1. The molecule has 1 aromatic heterocycles. The van der Waals surface area contributed by atoms with Gasteiger partial charge in [-0.3, -0.25) is 14.9 Å². The van der Waals surface area contributed by atoms with Crippen LogP contribution in [0.4, 0.5) is 10.8 Å². The lowest BCUT2D eigenvalue weighted by atomic mass is 9.85. The fraction of sp³-hybridized carbons (Fsp3) is 0.333. The first-order valence-corrected chi connectivity index (χ1v) is 6.81. The SMILES string of the molecule is O=C(Nc1nc2ccc([N+](=O)[O-])cc2s1)C1CCC1. The maximum atomic E-state index is 11.8. The summed E-state index contributed by atoms with van der Waals surface area (Å²) in [6.07, 6.45) is 2.97. The first kappa shape index (κ1) is 12.0. The van der Waals surface area contributed by atoms with Crippen LogP contribution in [0.1, 0.15) is 19.3 Å². The Morgan fingerprint density at radius 2 is 2.26 bits per heavy atom. The Bertz CT molecular complexity index is 663. The van der Waals surface area contributed by atoms with Crippen molar-refractivity contribution in [1.29, 1.82) is 0 Å². The third-order valence-electron chi connectivity index (χ3n) is 3.29. The molecule has 0 spiro atoms. The average Bonchev–Trinajstić information content (AvgIpc) is 2.66. The average molecular weight is 277 g/mol. The number of rotatable bonds is 3. The highest BCUT2D eigenvalue weighted by molar-refractivity contribution is 7.22. The van der Waals surface area contributed by atoms with Gasteiger partial charge >= 0.3 is 0 Å². The minimum atomic E-state index is -0.439. The molecule has 1 amide bonds. The van der Waals surface area contributed by atoms with Crippen molar-refractivity contribution in [2.75, 3.05) is 5.32 Å². The van der Waals surface area contributed by atoms with Crippen molar-refractivity contribution in [2.45, 2.75) is 19.3 Å². The molecule has 19 heavy (non-hydrogen) atoms. The number of nitrogens with one attached hydrogen (secondary N) is 1. The summed E-state index contributed by atoms with van der Waals surface area (Å²) in [4.78, 5) is 26.3. The van der Waals surface area contributed by atoms with E-state index in [0.717, 1.165) is 19.3 Å². The maximum absolute atomic E-state index is 11.8. The van der Waals surface area contributed by atoms with Crippen LogP contribution < -0.4 is 5.32 Å². The van der Waals surface area contributed by atoms with Crippen molar-refractivity contribution in [3.8, 4) is 0 Å². The van der Waals surface area contributed by atoms with E-state index in [1.807, 2.05) is 0 Å². The molecule has 0 aliphatic heterocycles. The summed E-state index contributed by atoms with van der Waals surface area (Å²) >= 11 is 1.26. The van der Waals surface area contributed by atoms with Crippen molar-refractivity contribution in [3.63, 3.8) is 0 Å². The molecule has 0 saturated heterocycles. The van der Waals surface area contributed by atoms with E-state index in [-0.39, 0.29) is 17.5 Å². The molecular formula is C12H11N3O3S. The molecule has 1 aliphatic rings. The Labute approximate surface area is 112 Å². The second-order valence-corrected chi connectivity index (χ2v) is 5.58. The molecule has 7 heteroatoms. The predicted octanol–water partition coefficient (Wildman–Crippen LogP) is 2.94. The molecule has 1 aromatic carbocycles. The lowest BCUT2D eigenvalue weighted by molar-refractivity contribution is -0.384. The van der Waals surface area contributed by atoms with Gasteiger partial charge in [-0.25, -0.2) is 4.98 Å². The number of aromatic nitrogens is 1. The topological polar surface area (TPSA) is 85.1 Å². The largest absolute Gasteiger partial charge is 0.302 e. The van der Waals surface area contributed by atoms with Gasteiger partial charge in [0, 0.05) is 18.1 Å². The number of nitro benzene ring substituents is 1. The summed E-state index contributed by atoms with van der Waals surface area (Å²) in [6, 6.07) is 4.49. The first-order chi connectivity index (χ1) is 9.13. The molecule has 0 atom stereocenters. The predicted molar refractivity (Wildman–Crippen MR) is 72.2 cm³/mol. The van der Waals surface area contributed by atoms with E-state index in [0.29, 0.717) is 15.3 Å². The summed E-state index contributed by atoms with van der Waals surface area (Å²) in [5, 5.41) is 14.0. The minimum Gasteiger partial charge on any atom is -0.302 e. The second-order valence-electron chi connectivity index (χ2n) is 4.55. The highest BCUT2D eigenvalue weighted by atomic mass is 32.1. The second kappa shape index (κ2) is 4.58. The van der Waals surface area contributed by atoms with Crippen LogP contribution in [0.5, 0.6) is 0 Å². The minimum absolute atomic E-state index is 0.000180. The van der Waals surface area contributed by atoms with Crippen molar-refractivity contribution in [2.24, 2.45) is 5.92 Å². The molecule has 1 fully saturated rings. The van der Waals surface area contributed by atoms with Crippen LogP contribution in [0.3, 0.4) is 0 Å². The van der Waals surface area contributed by atoms with E-state index in [1.54, 1.807) is 6.07 Å². The Kier molecular flexibility index (Phi) is 2.90. The fourth-order valence-corrected chi connectivity index (χ4v) is 2.86. The Hall–Kier alpha value is -2.02. The first-order valence-electron chi connectivity index (χ1n) is 5.99. The number of benzene rings is 1. The van der Waals surface area contributed by atoms with E-state index in [9.17, 15) is 14.9 Å². The van der Waals surface area contributed by atoms with E-state index < -0.39 is 4.92 Å². The van der Waals surface area contributed by atoms with Gasteiger partial charge in [0.1, 0.15) is 0 Å². The van der Waals surface area contributed by atoms with Gasteiger partial charge in [0.2, 0.25) is 5.91 Å². The van der Waals surface area contributed by atoms with Crippen LogP contribution in [0.25, 0.3) is 10.2 Å². The molecule has 0 bridgehead atoms. The highest BCUT2D eigenvalue weighted by Crippen LogP contribution is 2.31. The molecular weight excluding hydrogens is 266 g/mol. The molecule has 3 rings (SSSR count). The number of nitrogens with zero attached hydrogens (tertiary/aromatic N) is 2. The zero-order valence-corrected chi connectivity index (χ0v) is 10.8. The van der Waals surface area contributed by atoms with Gasteiger partial charge in [-0.05, 0) is 18.9 Å². The molecule has 0 unspecified atom stereocenters. The summed E-state index contributed by atoms with van der Waals surface area (Å²) in [6.45, 7) is 0. The van der Waals surface area contributed by atoms with E-state index in [2.05, 4.69) is 10.3 Å². The zero-order valence-electron chi connectivity index (χ0n) is 9.96. The third kappa shape index (κ3) is 2.28. The Morgan fingerprint density at radius 3 is 2.89 bits per heavy atom. The van der Waals surface area contributed by atoms with Gasteiger partial charge in [-0.2, -0.15) is 0 Å². The van der Waals surface area contributed by atoms with Crippen molar-refractivity contribution >= 4 is 38.3 Å². The van der Waals surface area contributed by atoms with Gasteiger partial charge in [0.05, 0.1) is 15.1 Å². The van der Waals surface area contributed by atoms with Crippen LogP contribution in [0.15, 0.2) is 18.2 Å². The lowest BCUT2D eigenvalue weighted by Crippen LogP contribution is -2.27. The van der Waals surface area contributed by atoms with E-state index >= 15 is 0 Å². The fourth-order valence-electron chi connectivity index (χ4n) is 1.96. The number of thiazole rings is 1. The number of anilines is 1. The quantitative estimate of drug-likeness (QED) is 0.690. The number of hydrogen-bond acceptors (Lipinski definition) is 5. The van der Waals surface area contributed by atoms with Gasteiger partial charge in [0.25, 0.3) is 5.69 Å². The van der Waals surface area contributed by atoms with Gasteiger partial charge < -0.3 is 5.32 Å². The van der Waals surface area contributed by atoms with Gasteiger partial charge in [0.15, 0.2) is 5.13 Å². The number of amides is 1. The maximum Gasteiger partial charge on any atom is 0.270 e. The zero-order chi connectivity index (χ0) is 13.4. The number of non-ortho nitro benzene ring substituents is 1. The molecule has 0 radical (unpaired) electrons. The van der Waals surface area contributed by atoms with Crippen LogP contribution in [-0.4, -0.2) is 15.8 Å². The highest BCUT2D eigenvalue weighted by Gasteiger charge is 2.25. The van der Waals surface area contributed by atoms with Crippen molar-refractivity contribution < 1.29 is 9.72 Å². The van der Waals surface area contributed by atoms with Crippen LogP contribution >= 0.6 is 11.3 Å². The van der Waals surface area contributed by atoms with Crippen molar-refractivity contribution in [3.05, 3.63) is 28.3 Å². The number of hydrogen-bond donors (Lipinski definition) is 1. The van der Waals surface area contributed by atoms with E-state index in [4.69, 9.17) is 0 Å². The summed E-state index contributed by atoms with van der Waals surface area (Å²) < 4.78 is 0.707. The monoisotopic (exact) mass is 277 g/mol. The molecule has 1 saturated carbocycles. The third-order valence-corrected chi connectivity index (χ3v) is 4.22. The molecule has 1 heterocycles. The normalized spacial score (nSPS) is 15.2. The number of fused-ring (bicyclic) bond motifs is 1. The number of nitro groups is 1. The molecule has 2 aromatic rings. The summed E-state index contributed by atoms with van der Waals surface area (Å²) in [5.41, 5.74) is 0.701. The molecule has 98 valence electrons. The van der Waals surface area contributed by atoms with Crippen LogP contribution in [0.2, 0.25) is 0 Å². The Balaban J connectivity index is 1.84. The molecule has 1 aliphatic carbocycles. The lowest BCUT2D eigenvalue weighted by Gasteiger charge is -2.23.